The first-order chi connectivity index (χ1) is 13.7. The van der Waals surface area contributed by atoms with Gasteiger partial charge in [-0.05, 0) is 56.4 Å². The van der Waals surface area contributed by atoms with Crippen molar-refractivity contribution in [2.24, 2.45) is 0 Å². The van der Waals surface area contributed by atoms with Gasteiger partial charge in [0.15, 0.2) is 5.65 Å². The lowest BCUT2D eigenvalue weighted by Gasteiger charge is -2.25. The molecule has 1 atom stereocenters. The molecule has 0 aromatic carbocycles. The largest absolute Gasteiger partial charge is 0.332 e. The van der Waals surface area contributed by atoms with Gasteiger partial charge in [0, 0.05) is 37.6 Å². The normalized spacial score (nSPS) is 19.6. The quantitative estimate of drug-likeness (QED) is 0.683. The van der Waals surface area contributed by atoms with E-state index in [0.29, 0.717) is 5.56 Å². The van der Waals surface area contributed by atoms with Crippen LogP contribution in [0.15, 0.2) is 30.6 Å². The molecule has 2 aliphatic heterocycles. The SMILES string of the molecule is Cc1cc(C(=O)N2CCCC2c2ccncc2)c2nc3n(c2n1)CCCCC3. The maximum atomic E-state index is 13.6. The number of fused-ring (bicyclic) bond motifs is 3. The van der Waals surface area contributed by atoms with Gasteiger partial charge >= 0.3 is 0 Å². The molecule has 144 valence electrons. The molecule has 1 saturated heterocycles. The van der Waals surface area contributed by atoms with Gasteiger partial charge < -0.3 is 9.47 Å². The van der Waals surface area contributed by atoms with E-state index in [9.17, 15) is 4.79 Å². The fraction of sp³-hybridized carbons (Fsp3) is 0.455. The third-order valence-electron chi connectivity index (χ3n) is 6.03. The summed E-state index contributed by atoms with van der Waals surface area (Å²) in [5.74, 6) is 1.15. The number of carbonyl (C=O) groups is 1. The summed E-state index contributed by atoms with van der Waals surface area (Å²) in [6.45, 7) is 3.69. The summed E-state index contributed by atoms with van der Waals surface area (Å²) in [5, 5.41) is 0. The molecule has 0 bridgehead atoms. The van der Waals surface area contributed by atoms with Crippen LogP contribution in [-0.2, 0) is 13.0 Å². The Bertz CT molecular complexity index is 1030. The number of hydrogen-bond acceptors (Lipinski definition) is 4. The molecule has 28 heavy (non-hydrogen) atoms. The minimum atomic E-state index is 0.0723. The summed E-state index contributed by atoms with van der Waals surface area (Å²) in [5.41, 5.74) is 4.38. The second-order valence-electron chi connectivity index (χ2n) is 7.91. The Morgan fingerprint density at radius 3 is 2.79 bits per heavy atom. The number of rotatable bonds is 2. The highest BCUT2D eigenvalue weighted by Gasteiger charge is 2.32. The van der Waals surface area contributed by atoms with E-state index in [-0.39, 0.29) is 11.9 Å². The molecule has 0 saturated carbocycles. The van der Waals surface area contributed by atoms with E-state index in [1.54, 1.807) is 12.4 Å². The molecule has 0 radical (unpaired) electrons. The second-order valence-corrected chi connectivity index (χ2v) is 7.91. The van der Waals surface area contributed by atoms with Gasteiger partial charge in [0.05, 0.1) is 11.6 Å². The van der Waals surface area contributed by atoms with Gasteiger partial charge in [-0.3, -0.25) is 9.78 Å². The minimum absolute atomic E-state index is 0.0723. The van der Waals surface area contributed by atoms with Gasteiger partial charge in [-0.1, -0.05) is 6.42 Å². The first-order valence-corrected chi connectivity index (χ1v) is 10.3. The van der Waals surface area contributed by atoms with Crippen molar-refractivity contribution in [1.82, 2.24) is 24.4 Å². The van der Waals surface area contributed by atoms with Crippen LogP contribution in [0.1, 0.15) is 65.6 Å². The van der Waals surface area contributed by atoms with Gasteiger partial charge in [0.25, 0.3) is 5.91 Å². The number of carbonyl (C=O) groups excluding carboxylic acids is 1. The summed E-state index contributed by atoms with van der Waals surface area (Å²) in [7, 11) is 0. The van der Waals surface area contributed by atoms with Gasteiger partial charge in [-0.25, -0.2) is 9.97 Å². The molecule has 3 aromatic rings. The van der Waals surface area contributed by atoms with Crippen LogP contribution in [-0.4, -0.2) is 36.9 Å². The molecule has 0 spiro atoms. The molecular formula is C22H25N5O. The number of likely N-dealkylation sites (tertiary alicyclic amines) is 1. The number of amides is 1. The van der Waals surface area contributed by atoms with Crippen LogP contribution in [0, 0.1) is 6.92 Å². The second kappa shape index (κ2) is 7.00. The maximum absolute atomic E-state index is 13.6. The van der Waals surface area contributed by atoms with E-state index in [1.165, 1.54) is 6.42 Å². The van der Waals surface area contributed by atoms with E-state index in [4.69, 9.17) is 9.97 Å². The molecule has 6 heteroatoms. The Balaban J connectivity index is 1.58. The number of nitrogens with zero attached hydrogens (tertiary/aromatic N) is 5. The van der Waals surface area contributed by atoms with Crippen LogP contribution in [0.2, 0.25) is 0 Å². The third-order valence-corrected chi connectivity index (χ3v) is 6.03. The summed E-state index contributed by atoms with van der Waals surface area (Å²) in [4.78, 5) is 29.4. The topological polar surface area (TPSA) is 63.9 Å². The average molecular weight is 375 g/mol. The molecule has 3 aromatic heterocycles. The van der Waals surface area contributed by atoms with Crippen LogP contribution >= 0.6 is 0 Å². The fourth-order valence-corrected chi connectivity index (χ4v) is 4.68. The predicted octanol–water partition coefficient (Wildman–Crippen LogP) is 3.84. The Hall–Kier alpha value is -2.76. The van der Waals surface area contributed by atoms with Crippen molar-refractivity contribution < 1.29 is 4.79 Å². The molecular weight excluding hydrogens is 350 g/mol. The van der Waals surface area contributed by atoms with Crippen LogP contribution < -0.4 is 0 Å². The lowest BCUT2D eigenvalue weighted by molar-refractivity contribution is 0.0737. The van der Waals surface area contributed by atoms with Crippen LogP contribution in [0.5, 0.6) is 0 Å². The van der Waals surface area contributed by atoms with Crippen molar-refractivity contribution in [1.29, 1.82) is 0 Å². The molecule has 5 heterocycles. The smallest absolute Gasteiger partial charge is 0.256 e. The minimum Gasteiger partial charge on any atom is -0.332 e. The Labute approximate surface area is 164 Å². The van der Waals surface area contributed by atoms with Gasteiger partial charge in [0.2, 0.25) is 0 Å². The van der Waals surface area contributed by atoms with Gasteiger partial charge in [-0.15, -0.1) is 0 Å². The number of hydrogen-bond donors (Lipinski definition) is 0. The van der Waals surface area contributed by atoms with E-state index >= 15 is 0 Å². The standard InChI is InChI=1S/C22H25N5O/c1-15-14-17(20-21(24-15)27-12-4-2-3-7-19(27)25-20)22(28)26-13-5-6-18(26)16-8-10-23-11-9-16/h8-11,14,18H,2-7,12-13H2,1H3. The first-order valence-electron chi connectivity index (χ1n) is 10.3. The van der Waals surface area contributed by atoms with Crippen molar-refractivity contribution >= 4 is 17.1 Å². The van der Waals surface area contributed by atoms with Crippen molar-refractivity contribution in [2.45, 2.75) is 58.0 Å². The highest BCUT2D eigenvalue weighted by Crippen LogP contribution is 2.34. The maximum Gasteiger partial charge on any atom is 0.256 e. The highest BCUT2D eigenvalue weighted by molar-refractivity contribution is 6.04. The molecule has 0 aliphatic carbocycles. The van der Waals surface area contributed by atoms with Crippen LogP contribution in [0.25, 0.3) is 11.2 Å². The van der Waals surface area contributed by atoms with Crippen molar-refractivity contribution in [3.05, 3.63) is 53.2 Å². The predicted molar refractivity (Wildman–Crippen MR) is 107 cm³/mol. The molecule has 0 N–H and O–H groups in total. The zero-order valence-corrected chi connectivity index (χ0v) is 16.3. The number of aryl methyl sites for hydroxylation is 3. The molecule has 1 fully saturated rings. The Morgan fingerprint density at radius 2 is 1.93 bits per heavy atom. The molecule has 2 aliphatic rings. The highest BCUT2D eigenvalue weighted by atomic mass is 16.2. The summed E-state index contributed by atoms with van der Waals surface area (Å²) in [6.07, 6.45) is 10.1. The van der Waals surface area contributed by atoms with Crippen LogP contribution in [0.4, 0.5) is 0 Å². The Morgan fingerprint density at radius 1 is 1.07 bits per heavy atom. The zero-order valence-electron chi connectivity index (χ0n) is 16.3. The van der Waals surface area contributed by atoms with Crippen molar-refractivity contribution in [3.8, 4) is 0 Å². The average Bonchev–Trinajstić information content (AvgIpc) is 3.26. The molecule has 1 unspecified atom stereocenters. The summed E-state index contributed by atoms with van der Waals surface area (Å²) >= 11 is 0. The fourth-order valence-electron chi connectivity index (χ4n) is 4.68. The third kappa shape index (κ3) is 2.87. The lowest BCUT2D eigenvalue weighted by Crippen LogP contribution is -2.31. The first kappa shape index (κ1) is 17.3. The van der Waals surface area contributed by atoms with E-state index < -0.39 is 0 Å². The molecule has 1 amide bonds. The van der Waals surface area contributed by atoms with Gasteiger partial charge in [-0.2, -0.15) is 0 Å². The zero-order chi connectivity index (χ0) is 19.1. The number of imidazole rings is 1. The van der Waals surface area contributed by atoms with E-state index in [0.717, 1.165) is 73.4 Å². The van der Waals surface area contributed by atoms with Crippen molar-refractivity contribution in [2.75, 3.05) is 6.54 Å². The van der Waals surface area contributed by atoms with Gasteiger partial charge in [0.1, 0.15) is 11.3 Å². The van der Waals surface area contributed by atoms with Crippen molar-refractivity contribution in [3.63, 3.8) is 0 Å². The molecule has 5 rings (SSSR count). The van der Waals surface area contributed by atoms with E-state index in [2.05, 4.69) is 9.55 Å². The summed E-state index contributed by atoms with van der Waals surface area (Å²) in [6, 6.07) is 6.06. The lowest BCUT2D eigenvalue weighted by atomic mass is 10.1. The Kier molecular flexibility index (Phi) is 4.34. The molecule has 6 nitrogen and oxygen atoms in total. The number of pyridine rings is 2. The monoisotopic (exact) mass is 375 g/mol. The van der Waals surface area contributed by atoms with E-state index in [1.807, 2.05) is 30.0 Å². The van der Waals surface area contributed by atoms with Crippen LogP contribution in [0.3, 0.4) is 0 Å². The summed E-state index contributed by atoms with van der Waals surface area (Å²) < 4.78 is 2.23. The number of aromatic nitrogens is 4.